The molecule has 1 rings (SSSR count). The molecule has 0 saturated carbocycles. The fraction of sp³-hybridized carbons (Fsp3) is 0.500. The highest BCUT2D eigenvalue weighted by atomic mass is 16.6. The highest BCUT2D eigenvalue weighted by Gasteiger charge is 2.22. The molecule has 110 valence electrons. The van der Waals surface area contributed by atoms with Crippen LogP contribution in [-0.2, 0) is 6.42 Å². The van der Waals surface area contributed by atoms with Crippen molar-refractivity contribution in [3.05, 3.63) is 33.9 Å². The number of nitrogens with two attached hydrogens (primary N) is 1. The molecule has 3 N–H and O–H groups in total. The maximum atomic E-state index is 11.0. The first-order valence-corrected chi connectivity index (χ1v) is 6.52. The van der Waals surface area contributed by atoms with E-state index in [0.29, 0.717) is 6.42 Å². The summed E-state index contributed by atoms with van der Waals surface area (Å²) in [4.78, 5) is 10.6. The van der Waals surface area contributed by atoms with Gasteiger partial charge in [-0.25, -0.2) is 0 Å². The van der Waals surface area contributed by atoms with Crippen LogP contribution in [0.4, 0.5) is 5.69 Å². The molecule has 1 aromatic carbocycles. The van der Waals surface area contributed by atoms with Gasteiger partial charge >= 0.3 is 5.69 Å². The summed E-state index contributed by atoms with van der Waals surface area (Å²) in [7, 11) is 0. The zero-order chi connectivity index (χ0) is 15.3. The lowest BCUT2D eigenvalue weighted by Crippen LogP contribution is -2.32. The quantitative estimate of drug-likeness (QED) is 0.346. The number of hydrogen-bond acceptors (Lipinski definition) is 4. The number of benzene rings is 1. The van der Waals surface area contributed by atoms with Gasteiger partial charge < -0.3 is 10.5 Å². The molecule has 0 fully saturated rings. The van der Waals surface area contributed by atoms with Gasteiger partial charge in [0.2, 0.25) is 0 Å². The van der Waals surface area contributed by atoms with Gasteiger partial charge in [0.1, 0.15) is 0 Å². The topological polar surface area (TPSA) is 102 Å². The Hall–Kier alpha value is -2.11. The minimum atomic E-state index is -0.474. The third kappa shape index (κ3) is 3.94. The molecule has 0 radical (unpaired) electrons. The standard InChI is InChI=1S/C14H21N3O3/c1-4-10-5-6-12(11(9-10)17(18)19)20-8-7-14(2,3)13(15)16/h5-6,9H,4,7-8H2,1-3H3,(H3,15,16). The van der Waals surface area contributed by atoms with Crippen LogP contribution in [0.2, 0.25) is 0 Å². The van der Waals surface area contributed by atoms with Crippen LogP contribution in [0.5, 0.6) is 5.75 Å². The maximum absolute atomic E-state index is 11.0. The van der Waals surface area contributed by atoms with Gasteiger partial charge in [0.25, 0.3) is 0 Å². The number of rotatable bonds is 7. The van der Waals surface area contributed by atoms with Crippen LogP contribution in [0.1, 0.15) is 32.8 Å². The fourth-order valence-electron chi connectivity index (χ4n) is 1.60. The van der Waals surface area contributed by atoms with Gasteiger partial charge in [-0.1, -0.05) is 26.8 Å². The zero-order valence-corrected chi connectivity index (χ0v) is 12.1. The number of nitro groups is 1. The van der Waals surface area contributed by atoms with Crippen LogP contribution in [-0.4, -0.2) is 17.4 Å². The Morgan fingerprint density at radius 2 is 2.15 bits per heavy atom. The first kappa shape index (κ1) is 15.9. The van der Waals surface area contributed by atoms with Crippen molar-refractivity contribution in [3.63, 3.8) is 0 Å². The summed E-state index contributed by atoms with van der Waals surface area (Å²) in [5, 5.41) is 18.5. The van der Waals surface area contributed by atoms with Crippen LogP contribution in [0.15, 0.2) is 18.2 Å². The van der Waals surface area contributed by atoms with E-state index in [1.165, 1.54) is 6.07 Å². The average Bonchev–Trinajstić information content (AvgIpc) is 2.38. The Morgan fingerprint density at radius 1 is 1.50 bits per heavy atom. The largest absolute Gasteiger partial charge is 0.487 e. The molecule has 0 atom stereocenters. The maximum Gasteiger partial charge on any atom is 0.311 e. The smallest absolute Gasteiger partial charge is 0.311 e. The monoisotopic (exact) mass is 279 g/mol. The molecule has 1 aromatic rings. The van der Waals surface area contributed by atoms with E-state index >= 15 is 0 Å². The predicted octanol–water partition coefficient (Wildman–Crippen LogP) is 2.89. The minimum absolute atomic E-state index is 0.0232. The summed E-state index contributed by atoms with van der Waals surface area (Å²) < 4.78 is 5.49. The zero-order valence-electron chi connectivity index (χ0n) is 12.1. The first-order chi connectivity index (χ1) is 9.27. The van der Waals surface area contributed by atoms with Gasteiger partial charge in [-0.2, -0.15) is 0 Å². The van der Waals surface area contributed by atoms with Gasteiger partial charge in [-0.05, 0) is 24.5 Å². The van der Waals surface area contributed by atoms with Crippen molar-refractivity contribution in [1.82, 2.24) is 0 Å². The molecular weight excluding hydrogens is 258 g/mol. The van der Waals surface area contributed by atoms with Gasteiger partial charge in [-0.3, -0.25) is 15.5 Å². The fourth-order valence-corrected chi connectivity index (χ4v) is 1.60. The number of amidine groups is 1. The Morgan fingerprint density at radius 3 is 2.65 bits per heavy atom. The molecule has 0 saturated heterocycles. The molecule has 0 aliphatic rings. The Bertz CT molecular complexity index is 512. The second-order valence-corrected chi connectivity index (χ2v) is 5.31. The lowest BCUT2D eigenvalue weighted by atomic mass is 9.88. The molecule has 0 aliphatic carbocycles. The van der Waals surface area contributed by atoms with Crippen molar-refractivity contribution in [1.29, 1.82) is 5.41 Å². The Kier molecular flexibility index (Phi) is 5.07. The molecule has 20 heavy (non-hydrogen) atoms. The summed E-state index contributed by atoms with van der Waals surface area (Å²) in [5.74, 6) is 0.337. The summed E-state index contributed by atoms with van der Waals surface area (Å²) in [6.07, 6.45) is 1.26. The Labute approximate surface area is 118 Å². The van der Waals surface area contributed by atoms with Gasteiger partial charge in [-0.15, -0.1) is 0 Å². The highest BCUT2D eigenvalue weighted by molar-refractivity contribution is 5.82. The SMILES string of the molecule is CCc1ccc(OCCC(C)(C)C(=N)N)c([N+](=O)[O-])c1. The van der Waals surface area contributed by atoms with E-state index < -0.39 is 10.3 Å². The molecule has 0 spiro atoms. The van der Waals surface area contributed by atoms with Crippen molar-refractivity contribution >= 4 is 11.5 Å². The third-order valence-corrected chi connectivity index (χ3v) is 3.34. The molecule has 0 bridgehead atoms. The molecule has 0 aliphatic heterocycles. The van der Waals surface area contributed by atoms with Crippen LogP contribution in [0.25, 0.3) is 0 Å². The van der Waals surface area contributed by atoms with Crippen molar-refractivity contribution in [2.45, 2.75) is 33.6 Å². The Balaban J connectivity index is 2.78. The molecule has 0 unspecified atom stereocenters. The van der Waals surface area contributed by atoms with E-state index in [-0.39, 0.29) is 23.9 Å². The lowest BCUT2D eigenvalue weighted by molar-refractivity contribution is -0.385. The average molecular weight is 279 g/mol. The number of hydrogen-bond donors (Lipinski definition) is 2. The van der Waals surface area contributed by atoms with E-state index in [1.807, 2.05) is 26.8 Å². The van der Waals surface area contributed by atoms with Crippen LogP contribution >= 0.6 is 0 Å². The minimum Gasteiger partial charge on any atom is -0.487 e. The number of nitro benzene ring substituents is 1. The predicted molar refractivity (Wildman–Crippen MR) is 78.3 cm³/mol. The second-order valence-electron chi connectivity index (χ2n) is 5.31. The third-order valence-electron chi connectivity index (χ3n) is 3.34. The van der Waals surface area contributed by atoms with Crippen molar-refractivity contribution in [2.24, 2.45) is 11.1 Å². The summed E-state index contributed by atoms with van der Waals surface area (Å²) in [6.45, 7) is 5.90. The summed E-state index contributed by atoms with van der Waals surface area (Å²) in [5.41, 5.74) is 5.88. The molecule has 0 amide bonds. The van der Waals surface area contributed by atoms with Crippen LogP contribution in [0.3, 0.4) is 0 Å². The molecule has 0 heterocycles. The number of nitrogens with one attached hydrogen (secondary N) is 1. The van der Waals surface area contributed by atoms with Gasteiger partial charge in [0.05, 0.1) is 17.4 Å². The first-order valence-electron chi connectivity index (χ1n) is 6.52. The summed E-state index contributed by atoms with van der Waals surface area (Å²) in [6, 6.07) is 4.97. The number of ether oxygens (including phenoxy) is 1. The number of nitrogens with zero attached hydrogens (tertiary/aromatic N) is 1. The molecule has 6 heteroatoms. The molecule has 0 aromatic heterocycles. The molecular formula is C14H21N3O3. The van der Waals surface area contributed by atoms with E-state index in [2.05, 4.69) is 0 Å². The van der Waals surface area contributed by atoms with Crippen LogP contribution < -0.4 is 10.5 Å². The molecule has 6 nitrogen and oxygen atoms in total. The summed E-state index contributed by atoms with van der Waals surface area (Å²) >= 11 is 0. The van der Waals surface area contributed by atoms with E-state index in [0.717, 1.165) is 12.0 Å². The van der Waals surface area contributed by atoms with E-state index in [4.69, 9.17) is 15.9 Å². The van der Waals surface area contributed by atoms with E-state index in [9.17, 15) is 10.1 Å². The normalized spacial score (nSPS) is 11.2. The van der Waals surface area contributed by atoms with Gasteiger partial charge in [0.15, 0.2) is 5.75 Å². The lowest BCUT2D eigenvalue weighted by Gasteiger charge is -2.22. The van der Waals surface area contributed by atoms with Crippen molar-refractivity contribution in [3.8, 4) is 5.75 Å². The van der Waals surface area contributed by atoms with Crippen LogP contribution in [0, 0.1) is 20.9 Å². The van der Waals surface area contributed by atoms with Crippen molar-refractivity contribution < 1.29 is 9.66 Å². The highest BCUT2D eigenvalue weighted by Crippen LogP contribution is 2.29. The number of aryl methyl sites for hydroxylation is 1. The van der Waals surface area contributed by atoms with Gasteiger partial charge in [0, 0.05) is 11.5 Å². The van der Waals surface area contributed by atoms with E-state index in [1.54, 1.807) is 6.07 Å². The van der Waals surface area contributed by atoms with Crippen molar-refractivity contribution in [2.75, 3.05) is 6.61 Å². The second kappa shape index (κ2) is 6.36.